The lowest BCUT2D eigenvalue weighted by molar-refractivity contribution is -0.131. The van der Waals surface area contributed by atoms with Gasteiger partial charge >= 0.3 is 11.9 Å². The summed E-state index contributed by atoms with van der Waals surface area (Å²) in [5.74, 6) is -1.74. The van der Waals surface area contributed by atoms with E-state index >= 15 is 0 Å². The first kappa shape index (κ1) is 9.98. The van der Waals surface area contributed by atoms with E-state index < -0.39 is 11.9 Å². The van der Waals surface area contributed by atoms with Crippen molar-refractivity contribution >= 4 is 11.9 Å². The van der Waals surface area contributed by atoms with E-state index in [1.807, 2.05) is 0 Å². The number of carboxylic acids is 1. The molecule has 0 spiro atoms. The maximum Gasteiger partial charge on any atom is 0.342 e. The number of carboxylic acid groups (broad SMARTS) is 1. The highest BCUT2D eigenvalue weighted by Gasteiger charge is 2.03. The van der Waals surface area contributed by atoms with Crippen molar-refractivity contribution in [3.8, 4) is 0 Å². The normalized spacial score (nSPS) is 10.0. The van der Waals surface area contributed by atoms with Gasteiger partial charge in [0.2, 0.25) is 0 Å². The summed E-state index contributed by atoms with van der Waals surface area (Å²) in [6.07, 6.45) is 1.60. The molecule has 0 saturated heterocycles. The number of carbonyl (C=O) groups excluding carboxylic acids is 1. The van der Waals surface area contributed by atoms with Crippen LogP contribution in [0.2, 0.25) is 0 Å². The summed E-state index contributed by atoms with van der Waals surface area (Å²) in [5.41, 5.74) is 0.377. The predicted molar refractivity (Wildman–Crippen MR) is 48.6 cm³/mol. The molecule has 72 valence electrons. The summed E-state index contributed by atoms with van der Waals surface area (Å²) in [5, 5.41) is 8.22. The highest BCUT2D eigenvalue weighted by atomic mass is 16.5. The quantitative estimate of drug-likeness (QED) is 0.447. The van der Waals surface area contributed by atoms with Crippen LogP contribution in [0.3, 0.4) is 0 Å². The van der Waals surface area contributed by atoms with E-state index in [-0.39, 0.29) is 0 Å². The second-order valence-electron chi connectivity index (χ2n) is 2.41. The Kier molecular flexibility index (Phi) is 3.43. The van der Waals surface area contributed by atoms with Crippen molar-refractivity contribution in [2.45, 2.75) is 0 Å². The zero-order valence-corrected chi connectivity index (χ0v) is 7.21. The van der Waals surface area contributed by atoms with Gasteiger partial charge in [0.15, 0.2) is 0 Å². The molecule has 1 aromatic carbocycles. The van der Waals surface area contributed by atoms with Gasteiger partial charge in [0.1, 0.15) is 6.26 Å². The second kappa shape index (κ2) is 4.81. The first-order chi connectivity index (χ1) is 6.70. The van der Waals surface area contributed by atoms with Crippen molar-refractivity contribution in [2.24, 2.45) is 0 Å². The van der Waals surface area contributed by atoms with Gasteiger partial charge < -0.3 is 9.84 Å². The zero-order valence-electron chi connectivity index (χ0n) is 7.21. The number of esters is 1. The van der Waals surface area contributed by atoms with Gasteiger partial charge in [-0.1, -0.05) is 18.2 Å². The summed E-state index contributed by atoms with van der Waals surface area (Å²) < 4.78 is 4.54. The van der Waals surface area contributed by atoms with Crippen molar-refractivity contribution in [3.05, 3.63) is 48.2 Å². The molecule has 0 fully saturated rings. The number of ether oxygens (including phenoxy) is 1. The van der Waals surface area contributed by atoms with Crippen LogP contribution in [0.1, 0.15) is 10.4 Å². The molecule has 0 aliphatic rings. The van der Waals surface area contributed by atoms with E-state index in [9.17, 15) is 9.59 Å². The average Bonchev–Trinajstić information content (AvgIpc) is 2.18. The molecule has 0 heterocycles. The van der Waals surface area contributed by atoms with Crippen LogP contribution in [0.4, 0.5) is 0 Å². The number of carbonyl (C=O) groups is 2. The summed E-state index contributed by atoms with van der Waals surface area (Å²) in [4.78, 5) is 21.2. The Morgan fingerprint density at radius 2 is 1.86 bits per heavy atom. The molecule has 4 heteroatoms. The van der Waals surface area contributed by atoms with Gasteiger partial charge in [0, 0.05) is 0 Å². The maximum absolute atomic E-state index is 11.2. The van der Waals surface area contributed by atoms with Crippen LogP contribution in [-0.2, 0) is 9.53 Å². The summed E-state index contributed by atoms with van der Waals surface area (Å²) in [7, 11) is 0. The number of aliphatic carboxylic acids is 1. The van der Waals surface area contributed by atoms with Gasteiger partial charge in [-0.05, 0) is 12.1 Å². The summed E-state index contributed by atoms with van der Waals surface area (Å²) in [6.45, 7) is 0. The third kappa shape index (κ3) is 3.10. The van der Waals surface area contributed by atoms with Crippen LogP contribution >= 0.6 is 0 Å². The molecule has 0 amide bonds. The average molecular weight is 192 g/mol. The van der Waals surface area contributed by atoms with Gasteiger partial charge in [-0.25, -0.2) is 9.59 Å². The fourth-order valence-corrected chi connectivity index (χ4v) is 0.796. The Morgan fingerprint density at radius 1 is 1.21 bits per heavy atom. The molecule has 0 saturated carbocycles. The van der Waals surface area contributed by atoms with Crippen LogP contribution in [0, 0.1) is 0 Å². The lowest BCUT2D eigenvalue weighted by Gasteiger charge is -1.96. The summed E-state index contributed by atoms with van der Waals surface area (Å²) >= 11 is 0. The maximum atomic E-state index is 11.2. The van der Waals surface area contributed by atoms with E-state index in [0.717, 1.165) is 12.3 Å². The van der Waals surface area contributed by atoms with Gasteiger partial charge in [0.05, 0.1) is 11.6 Å². The molecule has 4 nitrogen and oxygen atoms in total. The number of rotatable bonds is 3. The van der Waals surface area contributed by atoms with Gasteiger partial charge in [-0.3, -0.25) is 0 Å². The van der Waals surface area contributed by atoms with Gasteiger partial charge in [0.25, 0.3) is 0 Å². The van der Waals surface area contributed by atoms with Crippen molar-refractivity contribution in [3.63, 3.8) is 0 Å². The highest BCUT2D eigenvalue weighted by molar-refractivity contribution is 5.90. The van der Waals surface area contributed by atoms with Crippen molar-refractivity contribution in [1.29, 1.82) is 0 Å². The summed E-state index contributed by atoms with van der Waals surface area (Å²) in [6, 6.07) is 8.31. The van der Waals surface area contributed by atoms with E-state index in [4.69, 9.17) is 5.11 Å². The number of benzene rings is 1. The molecule has 0 radical (unpaired) electrons. The Hall–Kier alpha value is -2.10. The first-order valence-corrected chi connectivity index (χ1v) is 3.85. The molecule has 1 N–H and O–H groups in total. The molecular formula is C10H8O4. The van der Waals surface area contributed by atoms with E-state index in [2.05, 4.69) is 4.74 Å². The molecule has 0 atom stereocenters. The standard InChI is InChI=1S/C10H8O4/c11-9(12)6-7-14-10(13)8-4-2-1-3-5-8/h1-7H,(H,11,12). The molecule has 1 rings (SSSR count). The highest BCUT2D eigenvalue weighted by Crippen LogP contribution is 2.00. The molecule has 1 aromatic rings. The number of hydrogen-bond acceptors (Lipinski definition) is 3. The molecule has 14 heavy (non-hydrogen) atoms. The Morgan fingerprint density at radius 3 is 2.43 bits per heavy atom. The van der Waals surface area contributed by atoms with Crippen LogP contribution < -0.4 is 0 Å². The molecule has 0 aromatic heterocycles. The monoisotopic (exact) mass is 192 g/mol. The Balaban J connectivity index is 2.56. The predicted octanol–water partition coefficient (Wildman–Crippen LogP) is 1.44. The third-order valence-electron chi connectivity index (χ3n) is 1.40. The largest absolute Gasteiger partial charge is 0.478 e. The first-order valence-electron chi connectivity index (χ1n) is 3.85. The fraction of sp³-hybridized carbons (Fsp3) is 0. The molecular weight excluding hydrogens is 184 g/mol. The molecule has 0 aliphatic heterocycles. The SMILES string of the molecule is O=C(O)C=COC(=O)c1ccccc1. The third-order valence-corrected chi connectivity index (χ3v) is 1.40. The minimum atomic E-state index is -1.16. The van der Waals surface area contributed by atoms with Crippen molar-refractivity contribution in [2.75, 3.05) is 0 Å². The second-order valence-corrected chi connectivity index (χ2v) is 2.41. The fourth-order valence-electron chi connectivity index (χ4n) is 0.796. The van der Waals surface area contributed by atoms with Crippen LogP contribution in [-0.4, -0.2) is 17.0 Å². The van der Waals surface area contributed by atoms with Crippen LogP contribution in [0.15, 0.2) is 42.7 Å². The molecule has 0 bridgehead atoms. The van der Waals surface area contributed by atoms with E-state index in [1.165, 1.54) is 0 Å². The van der Waals surface area contributed by atoms with E-state index in [0.29, 0.717) is 5.56 Å². The molecule has 0 unspecified atom stereocenters. The smallest absolute Gasteiger partial charge is 0.342 e. The van der Waals surface area contributed by atoms with E-state index in [1.54, 1.807) is 30.3 Å². The Bertz CT molecular complexity index is 354. The lowest BCUT2D eigenvalue weighted by Crippen LogP contribution is -2.00. The Labute approximate surface area is 80.4 Å². The topological polar surface area (TPSA) is 63.6 Å². The van der Waals surface area contributed by atoms with Crippen molar-refractivity contribution in [1.82, 2.24) is 0 Å². The molecule has 0 aliphatic carbocycles. The van der Waals surface area contributed by atoms with Crippen LogP contribution in [0.25, 0.3) is 0 Å². The van der Waals surface area contributed by atoms with Crippen molar-refractivity contribution < 1.29 is 19.4 Å². The minimum absolute atomic E-state index is 0.377. The van der Waals surface area contributed by atoms with Gasteiger partial charge in [-0.2, -0.15) is 0 Å². The van der Waals surface area contributed by atoms with Gasteiger partial charge in [-0.15, -0.1) is 0 Å². The minimum Gasteiger partial charge on any atom is -0.478 e. The zero-order chi connectivity index (χ0) is 10.4. The van der Waals surface area contributed by atoms with Crippen LogP contribution in [0.5, 0.6) is 0 Å². The lowest BCUT2D eigenvalue weighted by atomic mass is 10.2. The number of hydrogen-bond donors (Lipinski definition) is 1.